The van der Waals surface area contributed by atoms with Gasteiger partial charge in [-0.25, -0.2) is 0 Å². The van der Waals surface area contributed by atoms with Crippen LogP contribution < -0.4 is 15.4 Å². The highest BCUT2D eigenvalue weighted by Crippen LogP contribution is 2.22. The summed E-state index contributed by atoms with van der Waals surface area (Å²) in [5, 5.41) is 0. The summed E-state index contributed by atoms with van der Waals surface area (Å²) in [5.41, 5.74) is 6.26. The Kier molecular flexibility index (Phi) is 4.85. The molecule has 5 nitrogen and oxygen atoms in total. The maximum absolute atomic E-state index is 5.71. The number of ether oxygens (including phenoxy) is 2. The molecule has 0 aliphatic heterocycles. The van der Waals surface area contributed by atoms with Crippen molar-refractivity contribution in [2.45, 2.75) is 6.92 Å². The van der Waals surface area contributed by atoms with E-state index < -0.39 is 0 Å². The van der Waals surface area contributed by atoms with Crippen LogP contribution in [0.4, 0.5) is 11.5 Å². The number of anilines is 2. The van der Waals surface area contributed by atoms with Gasteiger partial charge in [0, 0.05) is 20.2 Å². The molecule has 1 rings (SSSR count). The molecule has 0 saturated carbocycles. The van der Waals surface area contributed by atoms with E-state index >= 15 is 0 Å². The minimum Gasteiger partial charge on any atom is -0.479 e. The van der Waals surface area contributed by atoms with Crippen LogP contribution in [-0.4, -0.2) is 38.9 Å². The van der Waals surface area contributed by atoms with Crippen molar-refractivity contribution >= 4 is 11.5 Å². The molecule has 0 amide bonds. The second-order valence-electron chi connectivity index (χ2n) is 3.34. The summed E-state index contributed by atoms with van der Waals surface area (Å²) in [7, 11) is 3.25. The van der Waals surface area contributed by atoms with Crippen molar-refractivity contribution in [2.24, 2.45) is 0 Å². The van der Waals surface area contributed by atoms with E-state index in [1.54, 1.807) is 20.3 Å². The van der Waals surface area contributed by atoms with E-state index in [1.807, 2.05) is 6.07 Å². The molecule has 16 heavy (non-hydrogen) atoms. The van der Waals surface area contributed by atoms with Crippen LogP contribution >= 0.6 is 0 Å². The number of nitrogens with zero attached hydrogens (tertiary/aromatic N) is 2. The average Bonchev–Trinajstić information content (AvgIpc) is 2.32. The first-order valence-corrected chi connectivity index (χ1v) is 5.27. The number of nitrogens with two attached hydrogens (primary N) is 1. The monoisotopic (exact) mass is 225 g/mol. The zero-order valence-corrected chi connectivity index (χ0v) is 10.1. The Labute approximate surface area is 96.2 Å². The Morgan fingerprint density at radius 3 is 2.69 bits per heavy atom. The van der Waals surface area contributed by atoms with Crippen LogP contribution in [-0.2, 0) is 4.74 Å². The number of hydrogen-bond acceptors (Lipinski definition) is 5. The lowest BCUT2D eigenvalue weighted by molar-refractivity contribution is 0.205. The van der Waals surface area contributed by atoms with E-state index in [2.05, 4.69) is 16.8 Å². The first-order chi connectivity index (χ1) is 7.72. The maximum atomic E-state index is 5.71. The van der Waals surface area contributed by atoms with Gasteiger partial charge in [-0.1, -0.05) is 0 Å². The summed E-state index contributed by atoms with van der Waals surface area (Å²) in [6.45, 7) is 4.40. The predicted octanol–water partition coefficient (Wildman–Crippen LogP) is 1.15. The van der Waals surface area contributed by atoms with Gasteiger partial charge >= 0.3 is 0 Å². The Bertz CT molecular complexity index is 331. The van der Waals surface area contributed by atoms with Crippen molar-refractivity contribution in [1.82, 2.24) is 4.98 Å². The molecule has 0 fully saturated rings. The molecular weight excluding hydrogens is 206 g/mol. The first-order valence-electron chi connectivity index (χ1n) is 5.27. The molecule has 5 heteroatoms. The van der Waals surface area contributed by atoms with Crippen molar-refractivity contribution in [3.8, 4) is 5.88 Å². The van der Waals surface area contributed by atoms with Gasteiger partial charge < -0.3 is 20.1 Å². The van der Waals surface area contributed by atoms with Gasteiger partial charge in [0.1, 0.15) is 5.82 Å². The van der Waals surface area contributed by atoms with Crippen LogP contribution in [0.25, 0.3) is 0 Å². The highest BCUT2D eigenvalue weighted by atomic mass is 16.5. The highest BCUT2D eigenvalue weighted by molar-refractivity contribution is 5.54. The molecule has 0 aromatic carbocycles. The minimum absolute atomic E-state index is 0.466. The fraction of sp³-hybridized carbons (Fsp3) is 0.545. The second kappa shape index (κ2) is 6.17. The third-order valence-electron chi connectivity index (χ3n) is 2.34. The van der Waals surface area contributed by atoms with Crippen molar-refractivity contribution in [3.05, 3.63) is 12.1 Å². The van der Waals surface area contributed by atoms with Gasteiger partial charge in [0.05, 0.1) is 19.4 Å². The van der Waals surface area contributed by atoms with Crippen LogP contribution in [0.1, 0.15) is 6.92 Å². The summed E-state index contributed by atoms with van der Waals surface area (Å²) < 4.78 is 10.1. The molecule has 0 aliphatic rings. The summed E-state index contributed by atoms with van der Waals surface area (Å²) in [5.74, 6) is 1.32. The zero-order chi connectivity index (χ0) is 12.0. The molecule has 0 saturated heterocycles. The molecule has 0 atom stereocenters. The quantitative estimate of drug-likeness (QED) is 0.786. The largest absolute Gasteiger partial charge is 0.479 e. The second-order valence-corrected chi connectivity index (χ2v) is 3.34. The van der Waals surface area contributed by atoms with Crippen molar-refractivity contribution in [2.75, 3.05) is 44.5 Å². The van der Waals surface area contributed by atoms with E-state index in [-0.39, 0.29) is 0 Å². The number of rotatable bonds is 6. The third kappa shape index (κ3) is 3.00. The number of likely N-dealkylation sites (N-methyl/N-ethyl adjacent to an activating group) is 1. The van der Waals surface area contributed by atoms with Crippen molar-refractivity contribution in [1.29, 1.82) is 0 Å². The summed E-state index contributed by atoms with van der Waals surface area (Å²) in [6.07, 6.45) is 0. The number of methoxy groups -OCH3 is 2. The number of hydrogen-bond donors (Lipinski definition) is 1. The summed E-state index contributed by atoms with van der Waals surface area (Å²) in [6, 6.07) is 3.69. The first kappa shape index (κ1) is 12.6. The van der Waals surface area contributed by atoms with Gasteiger partial charge in [0.2, 0.25) is 5.88 Å². The smallest absolute Gasteiger partial charge is 0.238 e. The number of pyridine rings is 1. The van der Waals surface area contributed by atoms with Crippen LogP contribution in [0.5, 0.6) is 5.88 Å². The Morgan fingerprint density at radius 1 is 1.38 bits per heavy atom. The zero-order valence-electron chi connectivity index (χ0n) is 10.1. The Morgan fingerprint density at radius 2 is 2.12 bits per heavy atom. The van der Waals surface area contributed by atoms with E-state index in [4.69, 9.17) is 15.2 Å². The molecule has 1 aromatic heterocycles. The average molecular weight is 225 g/mol. The lowest BCUT2D eigenvalue weighted by Crippen LogP contribution is -2.27. The Balaban J connectivity index is 2.83. The van der Waals surface area contributed by atoms with Gasteiger partial charge in [-0.3, -0.25) is 0 Å². The van der Waals surface area contributed by atoms with Gasteiger partial charge in [0.15, 0.2) is 0 Å². The van der Waals surface area contributed by atoms with Gasteiger partial charge in [0.25, 0.3) is 0 Å². The molecular formula is C11H19N3O2. The normalized spacial score (nSPS) is 10.2. The minimum atomic E-state index is 0.466. The topological polar surface area (TPSA) is 60.6 Å². The van der Waals surface area contributed by atoms with Gasteiger partial charge in [-0.2, -0.15) is 4.98 Å². The molecule has 1 aromatic rings. The number of nitrogen functional groups attached to an aromatic ring is 1. The fourth-order valence-corrected chi connectivity index (χ4v) is 1.42. The van der Waals surface area contributed by atoms with Crippen LogP contribution in [0.15, 0.2) is 12.1 Å². The van der Waals surface area contributed by atoms with Crippen LogP contribution in [0, 0.1) is 0 Å². The molecule has 2 N–H and O–H groups in total. The van der Waals surface area contributed by atoms with Crippen molar-refractivity contribution < 1.29 is 9.47 Å². The Hall–Kier alpha value is -1.49. The standard InChI is InChI=1S/C11H19N3O2/c1-4-14(7-8-15-2)10-6-5-9(12)11(13-10)16-3/h5-6H,4,7-8,12H2,1-3H3. The predicted molar refractivity (Wildman–Crippen MR) is 65.0 cm³/mol. The van der Waals surface area contributed by atoms with E-state index in [0.29, 0.717) is 18.2 Å². The molecule has 1 heterocycles. The van der Waals surface area contributed by atoms with Crippen molar-refractivity contribution in [3.63, 3.8) is 0 Å². The van der Waals surface area contributed by atoms with E-state index in [1.165, 1.54) is 0 Å². The molecule has 0 unspecified atom stereocenters. The molecule has 0 radical (unpaired) electrons. The van der Waals surface area contributed by atoms with Gasteiger partial charge in [-0.05, 0) is 19.1 Å². The van der Waals surface area contributed by atoms with Crippen LogP contribution in [0.2, 0.25) is 0 Å². The summed E-state index contributed by atoms with van der Waals surface area (Å²) >= 11 is 0. The summed E-state index contributed by atoms with van der Waals surface area (Å²) in [4.78, 5) is 6.44. The fourth-order valence-electron chi connectivity index (χ4n) is 1.42. The van der Waals surface area contributed by atoms with Crippen LogP contribution in [0.3, 0.4) is 0 Å². The number of aromatic nitrogens is 1. The maximum Gasteiger partial charge on any atom is 0.238 e. The van der Waals surface area contributed by atoms with E-state index in [0.717, 1.165) is 18.9 Å². The lowest BCUT2D eigenvalue weighted by atomic mass is 10.3. The SMILES string of the molecule is CCN(CCOC)c1ccc(N)c(OC)n1. The lowest BCUT2D eigenvalue weighted by Gasteiger charge is -2.22. The highest BCUT2D eigenvalue weighted by Gasteiger charge is 2.08. The molecule has 0 aliphatic carbocycles. The van der Waals surface area contributed by atoms with E-state index in [9.17, 15) is 0 Å². The molecule has 0 bridgehead atoms. The third-order valence-corrected chi connectivity index (χ3v) is 2.34. The van der Waals surface area contributed by atoms with Gasteiger partial charge in [-0.15, -0.1) is 0 Å². The molecule has 90 valence electrons. The molecule has 0 spiro atoms.